The summed E-state index contributed by atoms with van der Waals surface area (Å²) in [7, 11) is 3.99. The predicted molar refractivity (Wildman–Crippen MR) is 91.9 cm³/mol. The maximum atomic E-state index is 12.3. The molecule has 0 radical (unpaired) electrons. The fourth-order valence-corrected chi connectivity index (χ4v) is 2.83. The van der Waals surface area contributed by atoms with Crippen LogP contribution in [0.5, 0.6) is 0 Å². The van der Waals surface area contributed by atoms with Gasteiger partial charge in [0.2, 0.25) is 0 Å². The van der Waals surface area contributed by atoms with Gasteiger partial charge in [-0.3, -0.25) is 5.32 Å². The van der Waals surface area contributed by atoms with E-state index in [2.05, 4.69) is 23.3 Å². The van der Waals surface area contributed by atoms with Gasteiger partial charge in [-0.2, -0.15) is 0 Å². The molecule has 0 saturated heterocycles. The second kappa shape index (κ2) is 7.07. The highest BCUT2D eigenvalue weighted by Crippen LogP contribution is 2.30. The van der Waals surface area contributed by atoms with Gasteiger partial charge in [-0.25, -0.2) is 4.79 Å². The van der Waals surface area contributed by atoms with E-state index in [1.165, 1.54) is 0 Å². The van der Waals surface area contributed by atoms with Crippen LogP contribution in [-0.2, 0) is 9.53 Å². The lowest BCUT2D eigenvalue weighted by Gasteiger charge is -2.33. The summed E-state index contributed by atoms with van der Waals surface area (Å²) in [6.07, 6.45) is 0. The molecule has 0 fully saturated rings. The lowest BCUT2D eigenvalue weighted by Crippen LogP contribution is -2.46. The van der Waals surface area contributed by atoms with Crippen molar-refractivity contribution >= 4 is 24.3 Å². The Kier molecular flexibility index (Phi) is 5.37. The molecule has 1 aromatic carbocycles. The van der Waals surface area contributed by atoms with Gasteiger partial charge in [-0.15, -0.1) is 12.6 Å². The quantitative estimate of drug-likeness (QED) is 0.585. The van der Waals surface area contributed by atoms with Crippen molar-refractivity contribution in [2.75, 3.05) is 25.6 Å². The minimum absolute atomic E-state index is 0.211. The van der Waals surface area contributed by atoms with Crippen LogP contribution < -0.4 is 15.5 Å². The molecule has 22 heavy (non-hydrogen) atoms. The van der Waals surface area contributed by atoms with Crippen molar-refractivity contribution in [3.63, 3.8) is 0 Å². The molecular formula is C16H23N3O2S. The van der Waals surface area contributed by atoms with Crippen molar-refractivity contribution in [1.29, 1.82) is 0 Å². The van der Waals surface area contributed by atoms with Crippen LogP contribution in [0.4, 0.5) is 5.69 Å². The third-order valence-electron chi connectivity index (χ3n) is 3.61. The van der Waals surface area contributed by atoms with Gasteiger partial charge in [0.25, 0.3) is 0 Å². The number of anilines is 1. The van der Waals surface area contributed by atoms with Crippen molar-refractivity contribution in [2.45, 2.75) is 25.4 Å². The summed E-state index contributed by atoms with van der Waals surface area (Å²) >= 11 is 4.43. The lowest BCUT2D eigenvalue weighted by atomic mass is 9.95. The average molecular weight is 321 g/mol. The molecule has 2 rings (SSSR count). The third kappa shape index (κ3) is 3.56. The fraction of sp³-hybridized carbons (Fsp3) is 0.438. The number of allylic oxidation sites excluding steroid dienone is 1. The zero-order valence-electron chi connectivity index (χ0n) is 13.4. The van der Waals surface area contributed by atoms with E-state index in [0.717, 1.165) is 16.9 Å². The molecule has 1 aliphatic rings. The minimum Gasteiger partial charge on any atom is -0.463 e. The van der Waals surface area contributed by atoms with Gasteiger partial charge in [-0.1, -0.05) is 12.1 Å². The number of carbonyl (C=O) groups is 1. The van der Waals surface area contributed by atoms with Crippen LogP contribution in [0.1, 0.15) is 25.5 Å². The SMILES string of the molecule is CCOC(=O)C1=C(C)NC(S)NC1c1ccc(N(C)C)cc1. The summed E-state index contributed by atoms with van der Waals surface area (Å²) in [6, 6.07) is 7.87. The number of esters is 1. The van der Waals surface area contributed by atoms with Gasteiger partial charge in [0, 0.05) is 25.5 Å². The maximum absolute atomic E-state index is 12.3. The number of rotatable bonds is 4. The average Bonchev–Trinajstić information content (AvgIpc) is 2.46. The Bertz CT molecular complexity index is 569. The van der Waals surface area contributed by atoms with Crippen LogP contribution in [0.2, 0.25) is 0 Å². The fourth-order valence-electron chi connectivity index (χ4n) is 2.49. The molecule has 2 N–H and O–H groups in total. The summed E-state index contributed by atoms with van der Waals surface area (Å²) in [5, 5.41) is 6.40. The van der Waals surface area contributed by atoms with Crippen LogP contribution in [0.25, 0.3) is 0 Å². The molecule has 0 amide bonds. The van der Waals surface area contributed by atoms with Crippen LogP contribution in [0, 0.1) is 0 Å². The highest BCUT2D eigenvalue weighted by Gasteiger charge is 2.31. The second-order valence-corrected chi connectivity index (χ2v) is 5.91. The number of ether oxygens (including phenoxy) is 1. The number of thiol groups is 1. The second-order valence-electron chi connectivity index (χ2n) is 5.39. The minimum atomic E-state index is -0.304. The van der Waals surface area contributed by atoms with E-state index in [-0.39, 0.29) is 17.5 Å². The predicted octanol–water partition coefficient (Wildman–Crippen LogP) is 2.04. The van der Waals surface area contributed by atoms with E-state index in [1.807, 2.05) is 50.2 Å². The molecule has 5 nitrogen and oxygen atoms in total. The van der Waals surface area contributed by atoms with Gasteiger partial charge >= 0.3 is 5.97 Å². The summed E-state index contributed by atoms with van der Waals surface area (Å²) in [4.78, 5) is 14.3. The zero-order valence-corrected chi connectivity index (χ0v) is 14.3. The van der Waals surface area contributed by atoms with E-state index < -0.39 is 0 Å². The van der Waals surface area contributed by atoms with E-state index >= 15 is 0 Å². The summed E-state index contributed by atoms with van der Waals surface area (Å²) in [6.45, 7) is 4.03. The van der Waals surface area contributed by atoms with Gasteiger partial charge in [0.1, 0.15) is 5.50 Å². The van der Waals surface area contributed by atoms with Crippen LogP contribution >= 0.6 is 12.6 Å². The molecule has 1 aliphatic heterocycles. The normalized spacial score (nSPS) is 21.3. The Morgan fingerprint density at radius 1 is 1.32 bits per heavy atom. The zero-order chi connectivity index (χ0) is 16.3. The van der Waals surface area contributed by atoms with Crippen LogP contribution in [0.3, 0.4) is 0 Å². The van der Waals surface area contributed by atoms with E-state index in [1.54, 1.807) is 6.92 Å². The Balaban J connectivity index is 2.36. The summed E-state index contributed by atoms with van der Waals surface area (Å²) in [5.74, 6) is -0.304. The molecule has 2 unspecified atom stereocenters. The van der Waals surface area contributed by atoms with Gasteiger partial charge in [0.15, 0.2) is 0 Å². The van der Waals surface area contributed by atoms with Crippen LogP contribution in [0.15, 0.2) is 35.5 Å². The maximum Gasteiger partial charge on any atom is 0.337 e. The molecular weight excluding hydrogens is 298 g/mol. The smallest absolute Gasteiger partial charge is 0.337 e. The number of hydrogen-bond acceptors (Lipinski definition) is 6. The largest absolute Gasteiger partial charge is 0.463 e. The summed E-state index contributed by atoms with van der Waals surface area (Å²) in [5.41, 5.74) is 3.30. The Hall–Kier alpha value is -1.66. The molecule has 0 saturated carbocycles. The van der Waals surface area contributed by atoms with Crippen molar-refractivity contribution in [3.05, 3.63) is 41.1 Å². The molecule has 0 aliphatic carbocycles. The first-order chi connectivity index (χ1) is 10.4. The number of nitrogens with one attached hydrogen (secondary N) is 2. The lowest BCUT2D eigenvalue weighted by molar-refractivity contribution is -0.139. The van der Waals surface area contributed by atoms with Crippen molar-refractivity contribution in [1.82, 2.24) is 10.6 Å². The number of nitrogens with zero attached hydrogens (tertiary/aromatic N) is 1. The molecule has 1 aromatic rings. The van der Waals surface area contributed by atoms with Crippen molar-refractivity contribution < 1.29 is 9.53 Å². The number of hydrogen-bond donors (Lipinski definition) is 3. The third-order valence-corrected chi connectivity index (χ3v) is 3.89. The first-order valence-electron chi connectivity index (χ1n) is 7.30. The van der Waals surface area contributed by atoms with E-state index in [4.69, 9.17) is 4.74 Å². The van der Waals surface area contributed by atoms with Gasteiger partial charge in [0.05, 0.1) is 18.2 Å². The van der Waals surface area contributed by atoms with Crippen molar-refractivity contribution in [2.24, 2.45) is 0 Å². The van der Waals surface area contributed by atoms with E-state index in [0.29, 0.717) is 12.2 Å². The topological polar surface area (TPSA) is 53.6 Å². The molecule has 2 atom stereocenters. The van der Waals surface area contributed by atoms with E-state index in [9.17, 15) is 4.79 Å². The molecule has 6 heteroatoms. The molecule has 0 aromatic heterocycles. The molecule has 0 spiro atoms. The monoisotopic (exact) mass is 321 g/mol. The highest BCUT2D eigenvalue weighted by molar-refractivity contribution is 7.80. The van der Waals surface area contributed by atoms with Crippen LogP contribution in [-0.4, -0.2) is 32.2 Å². The van der Waals surface area contributed by atoms with Crippen molar-refractivity contribution in [3.8, 4) is 0 Å². The Morgan fingerprint density at radius 3 is 2.50 bits per heavy atom. The standard InChI is InChI=1S/C16H23N3O2S/c1-5-21-15(20)13-10(2)17-16(22)18-14(13)11-6-8-12(9-7-11)19(3)4/h6-9,14,16-18,22H,5H2,1-4H3. The molecule has 120 valence electrons. The number of benzene rings is 1. The first kappa shape index (κ1) is 16.7. The van der Waals surface area contributed by atoms with Gasteiger partial charge < -0.3 is 15.0 Å². The summed E-state index contributed by atoms with van der Waals surface area (Å²) < 4.78 is 5.19. The van der Waals surface area contributed by atoms with Gasteiger partial charge in [-0.05, 0) is 31.5 Å². The first-order valence-corrected chi connectivity index (χ1v) is 7.81. The highest BCUT2D eigenvalue weighted by atomic mass is 32.1. The molecule has 0 bridgehead atoms. The molecule has 1 heterocycles. The number of carbonyl (C=O) groups excluding carboxylic acids is 1. The Morgan fingerprint density at radius 2 is 1.95 bits per heavy atom. The Labute approximate surface area is 137 Å².